The lowest BCUT2D eigenvalue weighted by Gasteiger charge is -2.27. The normalized spacial score (nSPS) is 27.5. The molecule has 1 aliphatic carbocycles. The van der Waals surface area contributed by atoms with Crippen molar-refractivity contribution in [3.8, 4) is 0 Å². The summed E-state index contributed by atoms with van der Waals surface area (Å²) in [7, 11) is 0. The van der Waals surface area contributed by atoms with Crippen molar-refractivity contribution in [1.29, 1.82) is 0 Å². The van der Waals surface area contributed by atoms with Crippen molar-refractivity contribution in [3.05, 3.63) is 17.8 Å². The van der Waals surface area contributed by atoms with Gasteiger partial charge < -0.3 is 15.1 Å². The van der Waals surface area contributed by atoms with Crippen molar-refractivity contribution in [2.45, 2.75) is 63.6 Å². The standard InChI is InChI=1S/C17H25N5O/c1-12-6-7-16(20-19-12)21-10-8-15-14(21)9-11-22(15)17(23)18-13-4-2-3-5-13/h6-7,13-15H,2-5,8-11H2,1H3,(H,18,23)/t14-,15+/m0/s1. The fourth-order valence-corrected chi connectivity index (χ4v) is 4.40. The number of anilines is 1. The molecule has 2 atom stereocenters. The summed E-state index contributed by atoms with van der Waals surface area (Å²) >= 11 is 0. The van der Waals surface area contributed by atoms with Gasteiger partial charge in [-0.05, 0) is 44.7 Å². The van der Waals surface area contributed by atoms with E-state index in [4.69, 9.17) is 0 Å². The minimum absolute atomic E-state index is 0.140. The smallest absolute Gasteiger partial charge is 0.317 e. The number of nitrogens with one attached hydrogen (secondary N) is 1. The Bertz CT molecular complexity index is 569. The average Bonchev–Trinajstić information content (AvgIpc) is 3.24. The number of aryl methyl sites for hydroxylation is 1. The van der Waals surface area contributed by atoms with Gasteiger partial charge in [-0.15, -0.1) is 5.10 Å². The Morgan fingerprint density at radius 2 is 1.87 bits per heavy atom. The van der Waals surface area contributed by atoms with E-state index in [0.717, 1.165) is 50.3 Å². The molecule has 1 aromatic rings. The number of aromatic nitrogens is 2. The zero-order chi connectivity index (χ0) is 15.8. The maximum atomic E-state index is 12.6. The maximum Gasteiger partial charge on any atom is 0.317 e. The zero-order valence-electron chi connectivity index (χ0n) is 13.7. The third kappa shape index (κ3) is 2.75. The van der Waals surface area contributed by atoms with E-state index in [-0.39, 0.29) is 6.03 Å². The topological polar surface area (TPSA) is 61.4 Å². The fourth-order valence-electron chi connectivity index (χ4n) is 4.40. The van der Waals surface area contributed by atoms with Crippen LogP contribution in [0, 0.1) is 6.92 Å². The molecule has 1 saturated carbocycles. The molecule has 1 N–H and O–H groups in total. The first kappa shape index (κ1) is 14.7. The third-order valence-electron chi connectivity index (χ3n) is 5.60. The number of hydrogen-bond donors (Lipinski definition) is 1. The summed E-state index contributed by atoms with van der Waals surface area (Å²) in [6.07, 6.45) is 6.82. The van der Waals surface area contributed by atoms with Crippen molar-refractivity contribution in [1.82, 2.24) is 20.4 Å². The van der Waals surface area contributed by atoms with Crippen LogP contribution in [0.15, 0.2) is 12.1 Å². The molecule has 0 unspecified atom stereocenters. The highest BCUT2D eigenvalue weighted by molar-refractivity contribution is 5.75. The predicted molar refractivity (Wildman–Crippen MR) is 88.4 cm³/mol. The van der Waals surface area contributed by atoms with Crippen LogP contribution in [0.25, 0.3) is 0 Å². The minimum atomic E-state index is 0.140. The molecule has 0 bridgehead atoms. The van der Waals surface area contributed by atoms with Gasteiger partial charge in [0.2, 0.25) is 0 Å². The quantitative estimate of drug-likeness (QED) is 0.908. The Kier molecular flexibility index (Phi) is 3.83. The minimum Gasteiger partial charge on any atom is -0.350 e. The second kappa shape index (κ2) is 5.98. The molecule has 4 rings (SSSR count). The van der Waals surface area contributed by atoms with E-state index in [1.165, 1.54) is 12.8 Å². The number of nitrogens with zero attached hydrogens (tertiary/aromatic N) is 4. The molecule has 6 nitrogen and oxygen atoms in total. The van der Waals surface area contributed by atoms with Gasteiger partial charge in [-0.1, -0.05) is 12.8 Å². The van der Waals surface area contributed by atoms with Crippen LogP contribution in [0.4, 0.5) is 10.6 Å². The summed E-state index contributed by atoms with van der Waals surface area (Å²) in [5, 5.41) is 11.7. The molecule has 0 radical (unpaired) electrons. The molecule has 3 fully saturated rings. The van der Waals surface area contributed by atoms with E-state index in [9.17, 15) is 4.79 Å². The lowest BCUT2D eigenvalue weighted by atomic mass is 10.1. The first-order valence-corrected chi connectivity index (χ1v) is 8.86. The molecular weight excluding hydrogens is 290 g/mol. The van der Waals surface area contributed by atoms with Crippen LogP contribution in [-0.4, -0.2) is 52.3 Å². The van der Waals surface area contributed by atoms with Crippen LogP contribution in [0.3, 0.4) is 0 Å². The molecule has 6 heteroatoms. The first-order chi connectivity index (χ1) is 11.2. The molecule has 3 heterocycles. The lowest BCUT2D eigenvalue weighted by Crippen LogP contribution is -2.47. The van der Waals surface area contributed by atoms with E-state index in [1.54, 1.807) is 0 Å². The van der Waals surface area contributed by atoms with Crippen LogP contribution < -0.4 is 10.2 Å². The zero-order valence-corrected chi connectivity index (χ0v) is 13.7. The predicted octanol–water partition coefficient (Wildman–Crippen LogP) is 2.09. The molecule has 2 amide bonds. The van der Waals surface area contributed by atoms with Crippen molar-refractivity contribution in [2.75, 3.05) is 18.0 Å². The summed E-state index contributed by atoms with van der Waals surface area (Å²) in [6, 6.07) is 5.30. The van der Waals surface area contributed by atoms with Crippen LogP contribution in [0.5, 0.6) is 0 Å². The molecule has 2 aliphatic heterocycles. The molecule has 2 saturated heterocycles. The van der Waals surface area contributed by atoms with Crippen molar-refractivity contribution >= 4 is 11.8 Å². The summed E-state index contributed by atoms with van der Waals surface area (Å²) < 4.78 is 0. The third-order valence-corrected chi connectivity index (χ3v) is 5.60. The molecule has 0 aromatic carbocycles. The Balaban J connectivity index is 1.42. The molecule has 1 aromatic heterocycles. The second-order valence-corrected chi connectivity index (χ2v) is 7.06. The highest BCUT2D eigenvalue weighted by Crippen LogP contribution is 2.34. The van der Waals surface area contributed by atoms with Crippen LogP contribution in [0.2, 0.25) is 0 Å². The highest BCUT2D eigenvalue weighted by atomic mass is 16.2. The van der Waals surface area contributed by atoms with Gasteiger partial charge in [-0.2, -0.15) is 5.10 Å². The molecule has 3 aliphatic rings. The number of fused-ring (bicyclic) bond motifs is 1. The van der Waals surface area contributed by atoms with E-state index in [0.29, 0.717) is 18.1 Å². The summed E-state index contributed by atoms with van der Waals surface area (Å²) in [5.74, 6) is 0.946. The van der Waals surface area contributed by atoms with E-state index < -0.39 is 0 Å². The average molecular weight is 315 g/mol. The Morgan fingerprint density at radius 1 is 1.09 bits per heavy atom. The fraction of sp³-hybridized carbons (Fsp3) is 0.706. The van der Waals surface area contributed by atoms with Crippen LogP contribution >= 0.6 is 0 Å². The van der Waals surface area contributed by atoms with Gasteiger partial charge in [0.1, 0.15) is 0 Å². The van der Waals surface area contributed by atoms with Gasteiger partial charge in [0, 0.05) is 19.1 Å². The van der Waals surface area contributed by atoms with Crippen molar-refractivity contribution in [3.63, 3.8) is 0 Å². The van der Waals surface area contributed by atoms with Gasteiger partial charge in [-0.25, -0.2) is 4.79 Å². The molecule has 0 spiro atoms. The van der Waals surface area contributed by atoms with Gasteiger partial charge >= 0.3 is 6.03 Å². The number of likely N-dealkylation sites (tertiary alicyclic amines) is 1. The van der Waals surface area contributed by atoms with Gasteiger partial charge in [-0.3, -0.25) is 0 Å². The summed E-state index contributed by atoms with van der Waals surface area (Å²) in [5.41, 5.74) is 0.938. The number of amides is 2. The van der Waals surface area contributed by atoms with Gasteiger partial charge in [0.15, 0.2) is 5.82 Å². The number of carbonyl (C=O) groups excluding carboxylic acids is 1. The molecule has 23 heavy (non-hydrogen) atoms. The lowest BCUT2D eigenvalue weighted by molar-refractivity contribution is 0.189. The van der Waals surface area contributed by atoms with Crippen LogP contribution in [0.1, 0.15) is 44.2 Å². The van der Waals surface area contributed by atoms with E-state index >= 15 is 0 Å². The second-order valence-electron chi connectivity index (χ2n) is 7.06. The number of hydrogen-bond acceptors (Lipinski definition) is 4. The number of carbonyl (C=O) groups is 1. The van der Waals surface area contributed by atoms with E-state index in [1.807, 2.05) is 19.1 Å². The van der Waals surface area contributed by atoms with Crippen molar-refractivity contribution in [2.24, 2.45) is 0 Å². The van der Waals surface area contributed by atoms with Crippen LogP contribution in [-0.2, 0) is 0 Å². The van der Waals surface area contributed by atoms with Gasteiger partial charge in [0.05, 0.1) is 17.8 Å². The molecule has 124 valence electrons. The summed E-state index contributed by atoms with van der Waals surface area (Å²) in [6.45, 7) is 3.76. The molecular formula is C17H25N5O. The first-order valence-electron chi connectivity index (χ1n) is 8.86. The number of urea groups is 1. The highest BCUT2D eigenvalue weighted by Gasteiger charge is 2.45. The Hall–Kier alpha value is -1.85. The maximum absolute atomic E-state index is 12.6. The largest absolute Gasteiger partial charge is 0.350 e. The van der Waals surface area contributed by atoms with E-state index in [2.05, 4.69) is 25.3 Å². The van der Waals surface area contributed by atoms with Crippen molar-refractivity contribution < 1.29 is 4.79 Å². The number of rotatable bonds is 2. The summed E-state index contributed by atoms with van der Waals surface area (Å²) in [4.78, 5) is 17.0. The Labute approximate surface area is 137 Å². The Morgan fingerprint density at radius 3 is 2.61 bits per heavy atom. The van der Waals surface area contributed by atoms with Gasteiger partial charge in [0.25, 0.3) is 0 Å². The monoisotopic (exact) mass is 315 g/mol. The SMILES string of the molecule is Cc1ccc(N2CC[C@@H]3[C@@H]2CCN3C(=O)NC2CCCC2)nn1.